The Balaban J connectivity index is 2.27. The number of benzene rings is 1. The molecule has 6 heteroatoms. The van der Waals surface area contributed by atoms with Crippen molar-refractivity contribution in [1.29, 1.82) is 0 Å². The molecular weight excluding hydrogens is 272 g/mol. The molecular formula is C12H17ClN2O2S. The Bertz CT molecular complexity index is 533. The zero-order valence-electron chi connectivity index (χ0n) is 10.2. The van der Waals surface area contributed by atoms with Crippen molar-refractivity contribution in [2.24, 2.45) is 11.7 Å². The second-order valence-corrected chi connectivity index (χ2v) is 7.12. The molecule has 2 rings (SSSR count). The number of nitrogens with zero attached hydrogens (tertiary/aromatic N) is 1. The smallest absolute Gasteiger partial charge is 0.243 e. The van der Waals surface area contributed by atoms with Gasteiger partial charge in [0.15, 0.2) is 0 Å². The molecule has 0 radical (unpaired) electrons. The van der Waals surface area contributed by atoms with E-state index in [1.807, 2.05) is 6.92 Å². The van der Waals surface area contributed by atoms with E-state index >= 15 is 0 Å². The quantitative estimate of drug-likeness (QED) is 0.901. The number of piperidine rings is 1. The standard InChI is InChI=1S/C12H17ClN2O2S/c1-9-8-15(6-5-12(9)14)18(16,17)11-4-2-3-10(13)7-11/h2-4,7,9,12H,5-6,8,14H2,1H3. The van der Waals surface area contributed by atoms with Gasteiger partial charge >= 0.3 is 0 Å². The zero-order valence-corrected chi connectivity index (χ0v) is 11.8. The van der Waals surface area contributed by atoms with Gasteiger partial charge in [-0.15, -0.1) is 0 Å². The highest BCUT2D eigenvalue weighted by atomic mass is 35.5. The maximum Gasteiger partial charge on any atom is 0.243 e. The highest BCUT2D eigenvalue weighted by Crippen LogP contribution is 2.24. The lowest BCUT2D eigenvalue weighted by atomic mass is 9.96. The SMILES string of the molecule is CC1CN(S(=O)(=O)c2cccc(Cl)c2)CCC1N. The Morgan fingerprint density at radius 2 is 2.17 bits per heavy atom. The van der Waals surface area contributed by atoms with E-state index in [9.17, 15) is 8.42 Å². The van der Waals surface area contributed by atoms with Crippen LogP contribution in [0.4, 0.5) is 0 Å². The second kappa shape index (κ2) is 5.17. The molecule has 2 N–H and O–H groups in total. The van der Waals surface area contributed by atoms with Gasteiger partial charge in [-0.1, -0.05) is 24.6 Å². The Kier molecular flexibility index (Phi) is 3.96. The number of sulfonamides is 1. The molecule has 0 aliphatic carbocycles. The molecule has 18 heavy (non-hydrogen) atoms. The fourth-order valence-electron chi connectivity index (χ4n) is 2.12. The van der Waals surface area contributed by atoms with Gasteiger partial charge in [-0.2, -0.15) is 4.31 Å². The van der Waals surface area contributed by atoms with Gasteiger partial charge < -0.3 is 5.73 Å². The predicted octanol–water partition coefficient (Wildman–Crippen LogP) is 1.70. The van der Waals surface area contributed by atoms with Crippen LogP contribution in [-0.2, 0) is 10.0 Å². The molecule has 1 aliphatic heterocycles. The summed E-state index contributed by atoms with van der Waals surface area (Å²) in [5.41, 5.74) is 5.90. The normalized spacial score (nSPS) is 26.2. The van der Waals surface area contributed by atoms with E-state index < -0.39 is 10.0 Å². The average Bonchev–Trinajstić information content (AvgIpc) is 2.32. The van der Waals surface area contributed by atoms with Crippen LogP contribution in [0.3, 0.4) is 0 Å². The summed E-state index contributed by atoms with van der Waals surface area (Å²) in [6, 6.07) is 6.44. The van der Waals surface area contributed by atoms with Crippen LogP contribution in [0.25, 0.3) is 0 Å². The van der Waals surface area contributed by atoms with Crippen molar-refractivity contribution in [3.63, 3.8) is 0 Å². The summed E-state index contributed by atoms with van der Waals surface area (Å²) < 4.78 is 26.3. The molecule has 2 unspecified atom stereocenters. The first-order valence-corrected chi connectivity index (χ1v) is 7.74. The number of hydrogen-bond donors (Lipinski definition) is 1. The van der Waals surface area contributed by atoms with Crippen molar-refractivity contribution in [2.75, 3.05) is 13.1 Å². The van der Waals surface area contributed by atoms with E-state index in [2.05, 4.69) is 0 Å². The zero-order chi connectivity index (χ0) is 13.3. The molecule has 1 aliphatic rings. The monoisotopic (exact) mass is 288 g/mol. The van der Waals surface area contributed by atoms with Gasteiger partial charge in [0.05, 0.1) is 4.90 Å². The summed E-state index contributed by atoms with van der Waals surface area (Å²) in [7, 11) is -3.45. The van der Waals surface area contributed by atoms with Crippen molar-refractivity contribution in [1.82, 2.24) is 4.31 Å². The Morgan fingerprint density at radius 3 is 2.78 bits per heavy atom. The van der Waals surface area contributed by atoms with Crippen LogP contribution in [0.5, 0.6) is 0 Å². The Hall–Kier alpha value is -0.620. The molecule has 1 saturated heterocycles. The van der Waals surface area contributed by atoms with Gasteiger partial charge in [0, 0.05) is 24.2 Å². The summed E-state index contributed by atoms with van der Waals surface area (Å²) in [5.74, 6) is 0.174. The van der Waals surface area contributed by atoms with Crippen molar-refractivity contribution in [2.45, 2.75) is 24.3 Å². The third kappa shape index (κ3) is 2.69. The number of halogens is 1. The van der Waals surface area contributed by atoms with Crippen LogP contribution in [0, 0.1) is 5.92 Å². The van der Waals surface area contributed by atoms with Crippen molar-refractivity contribution in [3.8, 4) is 0 Å². The van der Waals surface area contributed by atoms with E-state index in [1.165, 1.54) is 10.4 Å². The van der Waals surface area contributed by atoms with Gasteiger partial charge in [0.2, 0.25) is 10.0 Å². The van der Waals surface area contributed by atoms with Crippen LogP contribution >= 0.6 is 11.6 Å². The van der Waals surface area contributed by atoms with Crippen molar-refractivity contribution >= 4 is 21.6 Å². The summed E-state index contributed by atoms with van der Waals surface area (Å²) in [6.45, 7) is 2.92. The average molecular weight is 289 g/mol. The topological polar surface area (TPSA) is 63.4 Å². The molecule has 0 amide bonds. The predicted molar refractivity (Wildman–Crippen MR) is 72.0 cm³/mol. The van der Waals surface area contributed by atoms with Gasteiger partial charge in [-0.25, -0.2) is 8.42 Å². The van der Waals surface area contributed by atoms with Gasteiger partial charge in [0.1, 0.15) is 0 Å². The van der Waals surface area contributed by atoms with Crippen LogP contribution in [0.1, 0.15) is 13.3 Å². The largest absolute Gasteiger partial charge is 0.327 e. The fourth-order valence-corrected chi connectivity index (χ4v) is 3.98. The molecule has 100 valence electrons. The lowest BCUT2D eigenvalue weighted by molar-refractivity contribution is 0.250. The minimum atomic E-state index is -3.45. The maximum atomic E-state index is 12.4. The summed E-state index contributed by atoms with van der Waals surface area (Å²) in [5, 5.41) is 0.429. The first kappa shape index (κ1) is 13.8. The van der Waals surface area contributed by atoms with E-state index in [0.29, 0.717) is 24.5 Å². The highest BCUT2D eigenvalue weighted by Gasteiger charge is 2.31. The number of nitrogens with two attached hydrogens (primary N) is 1. The van der Waals surface area contributed by atoms with Crippen molar-refractivity contribution in [3.05, 3.63) is 29.3 Å². The van der Waals surface area contributed by atoms with Crippen molar-refractivity contribution < 1.29 is 8.42 Å². The maximum absolute atomic E-state index is 12.4. The molecule has 0 aromatic heterocycles. The highest BCUT2D eigenvalue weighted by molar-refractivity contribution is 7.89. The van der Waals surface area contributed by atoms with E-state index in [0.717, 1.165) is 0 Å². The molecule has 1 fully saturated rings. The second-order valence-electron chi connectivity index (χ2n) is 4.75. The number of rotatable bonds is 2. The molecule has 0 spiro atoms. The van der Waals surface area contributed by atoms with E-state index in [-0.39, 0.29) is 16.9 Å². The minimum Gasteiger partial charge on any atom is -0.327 e. The molecule has 1 aromatic carbocycles. The fraction of sp³-hybridized carbons (Fsp3) is 0.500. The van der Waals surface area contributed by atoms with Crippen LogP contribution in [-0.4, -0.2) is 31.9 Å². The Labute approximate surface area is 113 Å². The van der Waals surface area contributed by atoms with Gasteiger partial charge in [0.25, 0.3) is 0 Å². The summed E-state index contributed by atoms with van der Waals surface area (Å²) in [4.78, 5) is 0.248. The molecule has 4 nitrogen and oxygen atoms in total. The summed E-state index contributed by atoms with van der Waals surface area (Å²) in [6.07, 6.45) is 0.695. The number of hydrogen-bond acceptors (Lipinski definition) is 3. The lowest BCUT2D eigenvalue weighted by Gasteiger charge is -2.34. The molecule has 2 atom stereocenters. The van der Waals surface area contributed by atoms with Crippen LogP contribution in [0.2, 0.25) is 5.02 Å². The molecule has 1 heterocycles. The Morgan fingerprint density at radius 1 is 1.44 bits per heavy atom. The third-order valence-electron chi connectivity index (χ3n) is 3.37. The third-order valence-corrected chi connectivity index (χ3v) is 5.46. The lowest BCUT2D eigenvalue weighted by Crippen LogP contribution is -2.48. The first-order chi connectivity index (χ1) is 8.41. The molecule has 0 bridgehead atoms. The summed E-state index contributed by atoms with van der Waals surface area (Å²) >= 11 is 5.84. The van der Waals surface area contributed by atoms with E-state index in [1.54, 1.807) is 18.2 Å². The molecule has 0 saturated carbocycles. The first-order valence-electron chi connectivity index (χ1n) is 5.92. The van der Waals surface area contributed by atoms with Gasteiger partial charge in [-0.3, -0.25) is 0 Å². The van der Waals surface area contributed by atoms with Crippen LogP contribution in [0.15, 0.2) is 29.2 Å². The van der Waals surface area contributed by atoms with Crippen LogP contribution < -0.4 is 5.73 Å². The van der Waals surface area contributed by atoms with E-state index in [4.69, 9.17) is 17.3 Å². The molecule has 1 aromatic rings. The minimum absolute atomic E-state index is 0.0795. The van der Waals surface area contributed by atoms with Gasteiger partial charge in [-0.05, 0) is 30.5 Å².